The van der Waals surface area contributed by atoms with E-state index >= 15 is 0 Å². The van der Waals surface area contributed by atoms with E-state index in [0.29, 0.717) is 0 Å². The maximum atomic E-state index is 10.9. The molecule has 0 spiro atoms. The third-order valence-electron chi connectivity index (χ3n) is 2.00. The van der Waals surface area contributed by atoms with Crippen LogP contribution < -0.4 is 5.30 Å². The lowest BCUT2D eigenvalue weighted by atomic mass is 10.2. The molecule has 0 radical (unpaired) electrons. The van der Waals surface area contributed by atoms with Gasteiger partial charge in [-0.3, -0.25) is 4.57 Å². The van der Waals surface area contributed by atoms with Crippen molar-refractivity contribution < 1.29 is 4.57 Å². The zero-order valence-corrected chi connectivity index (χ0v) is 9.44. The van der Waals surface area contributed by atoms with Crippen molar-refractivity contribution in [2.45, 2.75) is 6.92 Å². The van der Waals surface area contributed by atoms with Crippen LogP contribution in [0.2, 0.25) is 0 Å². The molecule has 0 atom stereocenters. The minimum atomic E-state index is 0.0883. The second-order valence-corrected chi connectivity index (χ2v) is 4.67. The Morgan fingerprint density at radius 1 is 1.29 bits per heavy atom. The molecule has 1 nitrogen and oxygen atoms in total. The maximum Gasteiger partial charge on any atom is 0.192 e. The van der Waals surface area contributed by atoms with Crippen LogP contribution in [0, 0.1) is 6.92 Å². The van der Waals surface area contributed by atoms with E-state index < -0.39 is 0 Å². The highest BCUT2D eigenvalue weighted by Gasteiger charge is 2.05. The Balaban J connectivity index is 2.55. The Morgan fingerprint density at radius 2 is 2.07 bits per heavy atom. The van der Waals surface area contributed by atoms with E-state index in [1.54, 1.807) is 11.3 Å². The first-order valence-electron chi connectivity index (χ1n) is 4.29. The quantitative estimate of drug-likeness (QED) is 0.706. The van der Waals surface area contributed by atoms with Crippen LogP contribution in [0.15, 0.2) is 35.7 Å². The molecule has 0 aliphatic carbocycles. The van der Waals surface area contributed by atoms with Gasteiger partial charge in [0.1, 0.15) is 0 Å². The van der Waals surface area contributed by atoms with Crippen LogP contribution in [-0.4, -0.2) is 0 Å². The highest BCUT2D eigenvalue weighted by molar-refractivity contribution is 7.34. The maximum absolute atomic E-state index is 10.9. The van der Waals surface area contributed by atoms with Crippen LogP contribution in [0.4, 0.5) is 0 Å². The molecule has 2 aromatic rings. The number of hydrogen-bond acceptors (Lipinski definition) is 2. The molecular weight excluding hydrogens is 211 g/mol. The van der Waals surface area contributed by atoms with Gasteiger partial charge in [-0.2, -0.15) is 0 Å². The van der Waals surface area contributed by atoms with Crippen molar-refractivity contribution in [2.75, 3.05) is 0 Å². The molecule has 1 heterocycles. The summed E-state index contributed by atoms with van der Waals surface area (Å²) in [5.74, 6) is 0. The zero-order chi connectivity index (χ0) is 9.97. The Morgan fingerprint density at radius 3 is 2.71 bits per heavy atom. The molecule has 2 rings (SSSR count). The Labute approximate surface area is 88.6 Å². The summed E-state index contributed by atoms with van der Waals surface area (Å²) in [7, 11) is 0.0883. The predicted molar refractivity (Wildman–Crippen MR) is 61.7 cm³/mol. The minimum Gasteiger partial charge on any atom is -0.269 e. The van der Waals surface area contributed by atoms with Gasteiger partial charge in [0.15, 0.2) is 8.46 Å². The van der Waals surface area contributed by atoms with Crippen molar-refractivity contribution in [3.05, 3.63) is 41.3 Å². The summed E-state index contributed by atoms with van der Waals surface area (Å²) in [4.78, 5) is 1.18. The van der Waals surface area contributed by atoms with E-state index in [9.17, 15) is 4.57 Å². The van der Waals surface area contributed by atoms with E-state index in [1.165, 1.54) is 10.4 Å². The van der Waals surface area contributed by atoms with Gasteiger partial charge in [-0.15, -0.1) is 11.3 Å². The average molecular weight is 220 g/mol. The summed E-state index contributed by atoms with van der Waals surface area (Å²) < 4.78 is 10.9. The van der Waals surface area contributed by atoms with Gasteiger partial charge in [0.2, 0.25) is 0 Å². The molecule has 70 valence electrons. The van der Waals surface area contributed by atoms with Crippen LogP contribution in [0.3, 0.4) is 0 Å². The van der Waals surface area contributed by atoms with Crippen LogP contribution in [0.1, 0.15) is 5.56 Å². The molecule has 0 saturated carbocycles. The average Bonchev–Trinajstić information content (AvgIpc) is 2.65. The van der Waals surface area contributed by atoms with E-state index in [1.807, 2.05) is 24.3 Å². The molecule has 14 heavy (non-hydrogen) atoms. The summed E-state index contributed by atoms with van der Waals surface area (Å²) in [5, 5.41) is 2.96. The Bertz CT molecular complexity index is 462. The lowest BCUT2D eigenvalue weighted by molar-refractivity contribution is 0.603. The fourth-order valence-electron chi connectivity index (χ4n) is 1.33. The van der Waals surface area contributed by atoms with Crippen LogP contribution in [0.5, 0.6) is 0 Å². The van der Waals surface area contributed by atoms with Gasteiger partial charge in [-0.05, 0) is 30.0 Å². The van der Waals surface area contributed by atoms with Crippen LogP contribution in [-0.2, 0) is 4.57 Å². The van der Waals surface area contributed by atoms with Gasteiger partial charge < -0.3 is 0 Å². The fraction of sp³-hybridized carbons (Fsp3) is 0.0909. The number of hydrogen-bond donors (Lipinski definition) is 0. The second kappa shape index (κ2) is 4.04. The van der Waals surface area contributed by atoms with Crippen LogP contribution >= 0.6 is 19.8 Å². The molecule has 0 N–H and O–H groups in total. The van der Waals surface area contributed by atoms with Crippen molar-refractivity contribution in [3.63, 3.8) is 0 Å². The molecule has 0 aliphatic heterocycles. The molecule has 0 unspecified atom stereocenters. The fourth-order valence-corrected chi connectivity index (χ4v) is 2.79. The number of rotatable bonds is 2. The largest absolute Gasteiger partial charge is 0.269 e. The molecule has 3 heteroatoms. The normalized spacial score (nSPS) is 10.6. The molecule has 1 aromatic heterocycles. The summed E-state index contributed by atoms with van der Waals surface area (Å²) in [6.45, 7) is 2.07. The SMILES string of the molecule is Cc1csc(-c2ccccc2P=O)c1. The van der Waals surface area contributed by atoms with Gasteiger partial charge in [0.25, 0.3) is 0 Å². The lowest BCUT2D eigenvalue weighted by Gasteiger charge is -1.98. The van der Waals surface area contributed by atoms with E-state index in [2.05, 4.69) is 18.4 Å². The standard InChI is InChI=1S/C11H9OPS/c1-8-6-11(14-7-8)9-4-2-3-5-10(9)13-12/h2-7H,1H3. The third-order valence-corrected chi connectivity index (χ3v) is 3.67. The number of aryl methyl sites for hydroxylation is 1. The van der Waals surface area contributed by atoms with Gasteiger partial charge in [0.05, 0.1) is 5.30 Å². The molecular formula is C11H9OPS. The highest BCUT2D eigenvalue weighted by Crippen LogP contribution is 2.26. The van der Waals surface area contributed by atoms with Gasteiger partial charge in [-0.25, -0.2) is 0 Å². The molecule has 0 amide bonds. The molecule has 0 fully saturated rings. The van der Waals surface area contributed by atoms with E-state index in [-0.39, 0.29) is 8.46 Å². The number of benzene rings is 1. The second-order valence-electron chi connectivity index (χ2n) is 3.10. The van der Waals surface area contributed by atoms with Gasteiger partial charge in [0, 0.05) is 10.4 Å². The first kappa shape index (κ1) is 9.57. The van der Waals surface area contributed by atoms with Gasteiger partial charge >= 0.3 is 0 Å². The first-order chi connectivity index (χ1) is 6.81. The summed E-state index contributed by atoms with van der Waals surface area (Å²) >= 11 is 1.69. The summed E-state index contributed by atoms with van der Waals surface area (Å²) in [6.07, 6.45) is 0. The van der Waals surface area contributed by atoms with E-state index in [0.717, 1.165) is 10.9 Å². The number of thiophene rings is 1. The topological polar surface area (TPSA) is 17.1 Å². The van der Waals surface area contributed by atoms with Crippen molar-refractivity contribution in [2.24, 2.45) is 0 Å². The Kier molecular flexibility index (Phi) is 2.76. The van der Waals surface area contributed by atoms with Crippen molar-refractivity contribution in [3.8, 4) is 10.4 Å². The first-order valence-corrected chi connectivity index (χ1v) is 5.98. The van der Waals surface area contributed by atoms with Crippen molar-refractivity contribution >= 4 is 25.1 Å². The molecule has 0 aliphatic rings. The van der Waals surface area contributed by atoms with E-state index in [4.69, 9.17) is 0 Å². The van der Waals surface area contributed by atoms with Crippen molar-refractivity contribution in [1.29, 1.82) is 0 Å². The molecule has 1 aromatic carbocycles. The molecule has 0 saturated heterocycles. The van der Waals surface area contributed by atoms with Crippen molar-refractivity contribution in [1.82, 2.24) is 0 Å². The van der Waals surface area contributed by atoms with Gasteiger partial charge in [-0.1, -0.05) is 18.2 Å². The Hall–Kier alpha value is -0.980. The minimum absolute atomic E-state index is 0.0883. The summed E-state index contributed by atoms with van der Waals surface area (Å²) in [5.41, 5.74) is 2.32. The zero-order valence-electron chi connectivity index (χ0n) is 7.73. The predicted octanol–water partition coefficient (Wildman–Crippen LogP) is 3.64. The highest BCUT2D eigenvalue weighted by atomic mass is 32.1. The van der Waals surface area contributed by atoms with Crippen LogP contribution in [0.25, 0.3) is 10.4 Å². The third kappa shape index (κ3) is 1.77. The smallest absolute Gasteiger partial charge is 0.192 e. The lowest BCUT2D eigenvalue weighted by Crippen LogP contribution is -1.94. The monoisotopic (exact) mass is 220 g/mol. The molecule has 0 bridgehead atoms. The summed E-state index contributed by atoms with van der Waals surface area (Å²) in [6, 6.07) is 9.89.